The maximum atomic E-state index is 5.38. The fourth-order valence-corrected chi connectivity index (χ4v) is 1.95. The molecule has 0 saturated carbocycles. The van der Waals surface area contributed by atoms with E-state index in [2.05, 4.69) is 20.4 Å². The number of hydrogen-bond donors (Lipinski definition) is 1. The first-order valence-corrected chi connectivity index (χ1v) is 6.10. The normalized spacial score (nSPS) is 10.7. The lowest BCUT2D eigenvalue weighted by molar-refractivity contribution is 0.363. The molecule has 0 unspecified atom stereocenters. The first-order chi connectivity index (χ1) is 9.11. The van der Waals surface area contributed by atoms with Crippen molar-refractivity contribution in [3.63, 3.8) is 0 Å². The molecule has 2 aromatic rings. The van der Waals surface area contributed by atoms with E-state index < -0.39 is 0 Å². The van der Waals surface area contributed by atoms with Crippen LogP contribution < -0.4 is 10.1 Å². The number of aromatic nitrogens is 3. The highest BCUT2D eigenvalue weighted by Crippen LogP contribution is 2.23. The van der Waals surface area contributed by atoms with Crippen molar-refractivity contribution in [2.75, 3.05) is 7.11 Å². The van der Waals surface area contributed by atoms with E-state index in [-0.39, 0.29) is 0 Å². The molecule has 0 aromatic carbocycles. The topological polar surface area (TPSA) is 73.1 Å². The molecule has 19 heavy (non-hydrogen) atoms. The van der Waals surface area contributed by atoms with Crippen LogP contribution >= 0.6 is 0 Å². The number of rotatable bonds is 5. The van der Waals surface area contributed by atoms with E-state index >= 15 is 0 Å². The van der Waals surface area contributed by atoms with Crippen LogP contribution in [0.25, 0.3) is 0 Å². The lowest BCUT2D eigenvalue weighted by atomic mass is 10.1. The Morgan fingerprint density at radius 1 is 1.26 bits per heavy atom. The van der Waals surface area contributed by atoms with Crippen LogP contribution in [0, 0.1) is 20.8 Å². The number of methoxy groups -OCH3 is 1. The van der Waals surface area contributed by atoms with E-state index in [9.17, 15) is 0 Å². The van der Waals surface area contributed by atoms with Crippen molar-refractivity contribution in [3.05, 3.63) is 34.7 Å². The smallest absolute Gasteiger partial charge is 0.240 e. The Morgan fingerprint density at radius 2 is 2.05 bits per heavy atom. The van der Waals surface area contributed by atoms with Gasteiger partial charge in [0.15, 0.2) is 5.82 Å². The number of nitrogens with zero attached hydrogens (tertiary/aromatic N) is 3. The van der Waals surface area contributed by atoms with Gasteiger partial charge in [0.2, 0.25) is 5.89 Å². The lowest BCUT2D eigenvalue weighted by Gasteiger charge is -2.12. The van der Waals surface area contributed by atoms with E-state index in [1.165, 1.54) is 0 Å². The van der Waals surface area contributed by atoms with Gasteiger partial charge in [0.05, 0.1) is 19.3 Å². The minimum atomic E-state index is 0.526. The summed E-state index contributed by atoms with van der Waals surface area (Å²) < 4.78 is 10.4. The van der Waals surface area contributed by atoms with Crippen LogP contribution in [0.5, 0.6) is 5.75 Å². The van der Waals surface area contributed by atoms with Crippen molar-refractivity contribution in [1.29, 1.82) is 0 Å². The van der Waals surface area contributed by atoms with Crippen LogP contribution in [0.2, 0.25) is 0 Å². The minimum Gasteiger partial charge on any atom is -0.496 e. The van der Waals surface area contributed by atoms with Gasteiger partial charge in [-0.3, -0.25) is 4.98 Å². The maximum Gasteiger partial charge on any atom is 0.240 e. The third kappa shape index (κ3) is 3.08. The summed E-state index contributed by atoms with van der Waals surface area (Å²) in [5, 5.41) is 6.97. The second-order valence-corrected chi connectivity index (χ2v) is 4.39. The van der Waals surface area contributed by atoms with E-state index in [4.69, 9.17) is 9.26 Å². The Labute approximate surface area is 112 Å². The molecule has 0 aliphatic heterocycles. The predicted molar refractivity (Wildman–Crippen MR) is 69.8 cm³/mol. The van der Waals surface area contributed by atoms with Crippen molar-refractivity contribution in [2.24, 2.45) is 0 Å². The molecule has 0 saturated heterocycles. The molecule has 0 aliphatic rings. The average molecular weight is 262 g/mol. The summed E-state index contributed by atoms with van der Waals surface area (Å²) in [4.78, 5) is 8.54. The summed E-state index contributed by atoms with van der Waals surface area (Å²) in [6.07, 6.45) is 1.82. The number of hydrogen-bond acceptors (Lipinski definition) is 6. The van der Waals surface area contributed by atoms with E-state index in [0.29, 0.717) is 24.8 Å². The molecule has 0 bridgehead atoms. The van der Waals surface area contributed by atoms with Crippen molar-refractivity contribution in [2.45, 2.75) is 33.9 Å². The molecule has 0 radical (unpaired) electrons. The average Bonchev–Trinajstić information content (AvgIpc) is 2.79. The molecule has 0 amide bonds. The fraction of sp³-hybridized carbons (Fsp3) is 0.462. The molecule has 6 heteroatoms. The van der Waals surface area contributed by atoms with Crippen LogP contribution in [0.3, 0.4) is 0 Å². The first-order valence-electron chi connectivity index (χ1n) is 6.10. The molecule has 0 atom stereocenters. The summed E-state index contributed by atoms with van der Waals surface area (Å²) in [5.74, 6) is 2.11. The molecule has 0 spiro atoms. The predicted octanol–water partition coefficient (Wildman–Crippen LogP) is 1.69. The Balaban J connectivity index is 2.00. The highest BCUT2D eigenvalue weighted by molar-refractivity contribution is 5.40. The number of ether oxygens (including phenoxy) is 1. The highest BCUT2D eigenvalue weighted by Gasteiger charge is 2.09. The van der Waals surface area contributed by atoms with E-state index in [1.807, 2.05) is 20.0 Å². The van der Waals surface area contributed by atoms with Gasteiger partial charge in [0.25, 0.3) is 0 Å². The first kappa shape index (κ1) is 13.5. The molecule has 0 aliphatic carbocycles. The molecular weight excluding hydrogens is 244 g/mol. The summed E-state index contributed by atoms with van der Waals surface area (Å²) in [6, 6.07) is 0. The molecule has 2 rings (SSSR count). The largest absolute Gasteiger partial charge is 0.496 e. The molecule has 1 N–H and O–H groups in total. The number of aryl methyl sites for hydroxylation is 2. The zero-order valence-electron chi connectivity index (χ0n) is 11.6. The Kier molecular flexibility index (Phi) is 4.11. The van der Waals surface area contributed by atoms with Crippen molar-refractivity contribution < 1.29 is 9.26 Å². The van der Waals surface area contributed by atoms with E-state index in [1.54, 1.807) is 14.0 Å². The highest BCUT2D eigenvalue weighted by atomic mass is 16.5. The maximum absolute atomic E-state index is 5.38. The molecule has 0 fully saturated rings. The van der Waals surface area contributed by atoms with Crippen molar-refractivity contribution in [1.82, 2.24) is 20.4 Å². The van der Waals surface area contributed by atoms with Gasteiger partial charge >= 0.3 is 0 Å². The van der Waals surface area contributed by atoms with Crippen LogP contribution in [0.4, 0.5) is 0 Å². The number of pyridine rings is 1. The number of nitrogens with one attached hydrogen (secondary N) is 1. The van der Waals surface area contributed by atoms with Gasteiger partial charge in [-0.2, -0.15) is 4.98 Å². The molecule has 2 aromatic heterocycles. The van der Waals surface area contributed by atoms with Crippen LogP contribution in [0.1, 0.15) is 28.5 Å². The van der Waals surface area contributed by atoms with Crippen LogP contribution in [-0.2, 0) is 13.1 Å². The molecule has 6 nitrogen and oxygen atoms in total. The van der Waals surface area contributed by atoms with Gasteiger partial charge in [-0.1, -0.05) is 5.16 Å². The monoisotopic (exact) mass is 262 g/mol. The van der Waals surface area contributed by atoms with Gasteiger partial charge in [-0.25, -0.2) is 0 Å². The molecule has 2 heterocycles. The molecular formula is C13H18N4O2. The standard InChI is InChI=1S/C13H18N4O2/c1-8-5-15-11(9(2)13(8)18-4)6-14-7-12-16-10(3)17-19-12/h5,14H,6-7H2,1-4H3. The fourth-order valence-electron chi connectivity index (χ4n) is 1.95. The van der Waals surface area contributed by atoms with Crippen molar-refractivity contribution in [3.8, 4) is 5.75 Å². The third-order valence-corrected chi connectivity index (χ3v) is 2.89. The summed E-state index contributed by atoms with van der Waals surface area (Å²) in [5.41, 5.74) is 3.05. The Morgan fingerprint density at radius 3 is 2.68 bits per heavy atom. The van der Waals surface area contributed by atoms with Gasteiger partial charge in [-0.05, 0) is 20.8 Å². The Bertz CT molecular complexity index is 566. The SMILES string of the molecule is COc1c(C)cnc(CNCc2nc(C)no2)c1C. The zero-order valence-corrected chi connectivity index (χ0v) is 11.6. The second-order valence-electron chi connectivity index (χ2n) is 4.39. The quantitative estimate of drug-likeness (QED) is 0.884. The minimum absolute atomic E-state index is 0.526. The third-order valence-electron chi connectivity index (χ3n) is 2.89. The van der Waals surface area contributed by atoms with Gasteiger partial charge in [0.1, 0.15) is 5.75 Å². The van der Waals surface area contributed by atoms with Gasteiger partial charge < -0.3 is 14.6 Å². The summed E-state index contributed by atoms with van der Waals surface area (Å²) >= 11 is 0. The van der Waals surface area contributed by atoms with Crippen LogP contribution in [0.15, 0.2) is 10.7 Å². The lowest BCUT2D eigenvalue weighted by Crippen LogP contribution is -2.15. The summed E-state index contributed by atoms with van der Waals surface area (Å²) in [6.45, 7) is 6.94. The second kappa shape index (κ2) is 5.79. The van der Waals surface area contributed by atoms with Gasteiger partial charge in [0, 0.05) is 23.9 Å². The van der Waals surface area contributed by atoms with Crippen LogP contribution in [-0.4, -0.2) is 22.2 Å². The summed E-state index contributed by atoms with van der Waals surface area (Å²) in [7, 11) is 1.67. The molecule has 102 valence electrons. The van der Waals surface area contributed by atoms with Gasteiger partial charge in [-0.15, -0.1) is 0 Å². The zero-order chi connectivity index (χ0) is 13.8. The van der Waals surface area contributed by atoms with E-state index in [0.717, 1.165) is 22.6 Å². The van der Waals surface area contributed by atoms with Crippen molar-refractivity contribution >= 4 is 0 Å². The Hall–Kier alpha value is -1.95.